The van der Waals surface area contributed by atoms with Crippen molar-refractivity contribution < 1.29 is 0 Å². The predicted molar refractivity (Wildman–Crippen MR) is 251 cm³/mol. The highest BCUT2D eigenvalue weighted by atomic mass is 15.2. The smallest absolute Gasteiger partial charge is 0.238 e. The van der Waals surface area contributed by atoms with Gasteiger partial charge in [-0.25, -0.2) is 14.7 Å². The second-order valence-corrected chi connectivity index (χ2v) is 15.4. The number of nitrogens with zero attached hydrogens (tertiary/aromatic N) is 9. The molecule has 0 fully saturated rings. The van der Waals surface area contributed by atoms with Crippen molar-refractivity contribution in [3.05, 3.63) is 204 Å². The zero-order chi connectivity index (χ0) is 42.2. The molecule has 0 amide bonds. The molecule has 0 aliphatic heterocycles. The van der Waals surface area contributed by atoms with Gasteiger partial charge in [-0.05, 0) is 77.5 Å². The Morgan fingerprint density at radius 3 is 1.56 bits per heavy atom. The largest absolute Gasteiger partial charge is 0.307 e. The first-order chi connectivity index (χ1) is 31.1. The summed E-state index contributed by atoms with van der Waals surface area (Å²) in [4.78, 5) is 22.6. The molecular weight excluding hydrogens is 775 g/mol. The van der Waals surface area contributed by atoms with Gasteiger partial charge in [-0.1, -0.05) is 109 Å². The molecule has 0 aliphatic carbocycles. The molecule has 4 aromatic heterocycles. The first-order valence-corrected chi connectivity index (χ1v) is 20.3. The van der Waals surface area contributed by atoms with Crippen molar-refractivity contribution >= 4 is 76.8 Å². The normalized spacial score (nSPS) is 11.4. The molecule has 290 valence electrons. The van der Waals surface area contributed by atoms with Crippen molar-refractivity contribution in [2.45, 2.75) is 0 Å². The lowest BCUT2D eigenvalue weighted by Crippen LogP contribution is -2.07. The Balaban J connectivity index is 1.12. The van der Waals surface area contributed by atoms with Crippen LogP contribution in [-0.4, -0.2) is 28.7 Å². The maximum atomic E-state index is 11.1. The molecule has 9 heteroatoms. The number of fused-ring (bicyclic) bond motifs is 10. The van der Waals surface area contributed by atoms with Crippen molar-refractivity contribution in [3.63, 3.8) is 0 Å². The van der Waals surface area contributed by atoms with E-state index in [9.17, 15) is 5.26 Å². The van der Waals surface area contributed by atoms with E-state index in [0.29, 0.717) is 40.1 Å². The van der Waals surface area contributed by atoms with Crippen LogP contribution in [0.2, 0.25) is 0 Å². The van der Waals surface area contributed by atoms with Crippen LogP contribution in [0, 0.1) is 24.5 Å². The Morgan fingerprint density at radius 1 is 0.429 bits per heavy atom. The van der Waals surface area contributed by atoms with Crippen molar-refractivity contribution in [2.75, 3.05) is 0 Å². The van der Waals surface area contributed by atoms with Crippen LogP contribution >= 0.6 is 0 Å². The Hall–Kier alpha value is -9.36. The van der Waals surface area contributed by atoms with E-state index in [-0.39, 0.29) is 0 Å². The summed E-state index contributed by atoms with van der Waals surface area (Å²) in [7, 11) is 0. The van der Waals surface area contributed by atoms with Gasteiger partial charge in [0.05, 0.1) is 57.5 Å². The number of hydrogen-bond donors (Lipinski definition) is 0. The lowest BCUT2D eigenvalue weighted by Gasteiger charge is -2.15. The molecule has 63 heavy (non-hydrogen) atoms. The van der Waals surface area contributed by atoms with Crippen molar-refractivity contribution in [1.29, 1.82) is 5.26 Å². The van der Waals surface area contributed by atoms with Gasteiger partial charge in [0.2, 0.25) is 5.95 Å². The van der Waals surface area contributed by atoms with Crippen LogP contribution in [0.25, 0.3) is 115 Å². The highest BCUT2D eigenvalue weighted by Crippen LogP contribution is 2.43. The van der Waals surface area contributed by atoms with Gasteiger partial charge in [-0.2, -0.15) is 15.2 Å². The minimum Gasteiger partial charge on any atom is -0.307 e. The van der Waals surface area contributed by atoms with Gasteiger partial charge in [0.25, 0.3) is 0 Å². The molecule has 0 saturated carbocycles. The third-order valence-corrected chi connectivity index (χ3v) is 11.9. The topological polar surface area (TPSA) is 86.0 Å². The van der Waals surface area contributed by atoms with E-state index in [2.05, 4.69) is 104 Å². The molecule has 0 aliphatic rings. The quantitative estimate of drug-likeness (QED) is 0.162. The maximum Gasteiger partial charge on any atom is 0.238 e. The fourth-order valence-electron chi connectivity index (χ4n) is 9.22. The molecule has 0 saturated heterocycles. The van der Waals surface area contributed by atoms with Gasteiger partial charge in [-0.3, -0.25) is 4.57 Å². The summed E-state index contributed by atoms with van der Waals surface area (Å²) in [6.07, 6.45) is 0. The van der Waals surface area contributed by atoms with Crippen LogP contribution in [0.15, 0.2) is 176 Å². The van der Waals surface area contributed by atoms with E-state index in [0.717, 1.165) is 82.4 Å². The van der Waals surface area contributed by atoms with Crippen molar-refractivity contribution in [1.82, 2.24) is 28.7 Å². The van der Waals surface area contributed by atoms with Crippen LogP contribution in [0.1, 0.15) is 5.56 Å². The Bertz CT molecular complexity index is 3930. The third kappa shape index (κ3) is 5.36. The minimum absolute atomic E-state index is 0.367. The van der Waals surface area contributed by atoms with E-state index >= 15 is 0 Å². The summed E-state index contributed by atoms with van der Waals surface area (Å²) >= 11 is 0. The molecule has 12 aromatic rings. The first-order valence-electron chi connectivity index (χ1n) is 20.3. The van der Waals surface area contributed by atoms with E-state index in [1.165, 1.54) is 0 Å². The van der Waals surface area contributed by atoms with Gasteiger partial charge in [0, 0.05) is 38.4 Å². The zero-order valence-corrected chi connectivity index (χ0v) is 33.3. The van der Waals surface area contributed by atoms with Crippen LogP contribution in [0.5, 0.6) is 0 Å². The number of benzene rings is 8. The predicted octanol–water partition coefficient (Wildman–Crippen LogP) is 13.5. The maximum absolute atomic E-state index is 11.1. The second-order valence-electron chi connectivity index (χ2n) is 15.4. The summed E-state index contributed by atoms with van der Waals surface area (Å²) in [5.41, 5.74) is 10.4. The molecule has 0 atom stereocenters. The Morgan fingerprint density at radius 2 is 0.952 bits per heavy atom. The monoisotopic (exact) mass is 803 g/mol. The average molecular weight is 804 g/mol. The highest BCUT2D eigenvalue weighted by Gasteiger charge is 2.24. The standard InChI is InChI=1S/C54H29N9/c1-56-36-22-27-48-43(30-36)44-31-37(57-2)23-28-49(44)63(48)54-59-52(33-13-5-3-6-14-33)58-53(60-54)34-21-26-45(35(29-34)32-55)62-47-20-12-10-18-40(47)42-25-24-41-39-17-9-11-19-46(39)61(50(41)51(42)62)38-15-7-4-8-16-38/h3-31H. The lowest BCUT2D eigenvalue weighted by molar-refractivity contribution is 0.953. The molecule has 0 bridgehead atoms. The third-order valence-electron chi connectivity index (χ3n) is 11.9. The van der Waals surface area contributed by atoms with Crippen molar-refractivity contribution in [3.8, 4) is 46.2 Å². The van der Waals surface area contributed by atoms with Crippen LogP contribution in [0.4, 0.5) is 11.4 Å². The van der Waals surface area contributed by atoms with Gasteiger partial charge in [0.15, 0.2) is 23.0 Å². The van der Waals surface area contributed by atoms with Crippen LogP contribution in [0.3, 0.4) is 0 Å². The zero-order valence-electron chi connectivity index (χ0n) is 33.3. The fraction of sp³-hybridized carbons (Fsp3) is 0. The summed E-state index contributed by atoms with van der Waals surface area (Å²) in [6, 6.07) is 60.9. The summed E-state index contributed by atoms with van der Waals surface area (Å²) in [5.74, 6) is 1.22. The Labute approximate surface area is 359 Å². The van der Waals surface area contributed by atoms with Gasteiger partial charge >= 0.3 is 0 Å². The molecule has 0 unspecified atom stereocenters. The SMILES string of the molecule is [C-]#[N+]c1ccc2c(c1)c1cc([N+]#[C-])ccc1n2-c1nc(-c2ccccc2)nc(-c2ccc(-n3c4ccccc4c4ccc5c6ccccc6n(-c6ccccc6)c5c43)c(C#N)c2)n1. The number of rotatable bonds is 5. The average Bonchev–Trinajstić information content (AvgIpc) is 3.99. The number of para-hydroxylation sites is 3. The minimum atomic E-state index is 0.367. The Kier molecular flexibility index (Phi) is 7.83. The molecule has 9 nitrogen and oxygen atoms in total. The molecule has 12 rings (SSSR count). The molecule has 8 aromatic carbocycles. The molecule has 0 spiro atoms. The number of aromatic nitrogens is 6. The van der Waals surface area contributed by atoms with Crippen LogP contribution in [-0.2, 0) is 0 Å². The molecular formula is C54H29N9. The summed E-state index contributed by atoms with van der Waals surface area (Å²) < 4.78 is 6.52. The second kappa shape index (κ2) is 13.9. The number of hydrogen-bond acceptors (Lipinski definition) is 4. The van der Waals surface area contributed by atoms with Gasteiger partial charge in [0.1, 0.15) is 6.07 Å². The summed E-state index contributed by atoms with van der Waals surface area (Å²) in [5, 5.41) is 17.1. The van der Waals surface area contributed by atoms with E-state index in [4.69, 9.17) is 28.1 Å². The highest BCUT2D eigenvalue weighted by molar-refractivity contribution is 6.24. The van der Waals surface area contributed by atoms with Crippen molar-refractivity contribution in [2.24, 2.45) is 0 Å². The van der Waals surface area contributed by atoms with E-state index < -0.39 is 0 Å². The number of nitriles is 1. The lowest BCUT2D eigenvalue weighted by atomic mass is 10.1. The molecule has 0 N–H and O–H groups in total. The molecule has 0 radical (unpaired) electrons. The summed E-state index contributed by atoms with van der Waals surface area (Å²) in [6.45, 7) is 15.4. The van der Waals surface area contributed by atoms with E-state index in [1.807, 2.05) is 89.5 Å². The first kappa shape index (κ1) is 35.6. The van der Waals surface area contributed by atoms with Gasteiger partial charge in [-0.15, -0.1) is 0 Å². The van der Waals surface area contributed by atoms with E-state index in [1.54, 1.807) is 12.1 Å². The van der Waals surface area contributed by atoms with Gasteiger partial charge < -0.3 is 9.13 Å². The molecule has 4 heterocycles. The van der Waals surface area contributed by atoms with Crippen LogP contribution < -0.4 is 0 Å². The fourth-order valence-corrected chi connectivity index (χ4v) is 9.22.